The van der Waals surface area contributed by atoms with E-state index in [0.29, 0.717) is 13.0 Å². The fourth-order valence-electron chi connectivity index (χ4n) is 1.61. The Kier molecular flexibility index (Phi) is 8.87. The van der Waals surface area contributed by atoms with Gasteiger partial charge in [0.25, 0.3) is 0 Å². The van der Waals surface area contributed by atoms with Crippen LogP contribution in [-0.2, 0) is 24.2 Å². The van der Waals surface area contributed by atoms with Crippen LogP contribution in [0.5, 0.6) is 0 Å². The summed E-state index contributed by atoms with van der Waals surface area (Å²) in [7, 11) is -3.47. The van der Waals surface area contributed by atoms with E-state index in [0.717, 1.165) is 0 Å². The molecule has 0 aromatic heterocycles. The van der Waals surface area contributed by atoms with E-state index >= 15 is 0 Å². The molecule has 0 fully saturated rings. The maximum Gasteiger partial charge on any atom is 0.307 e. The molecule has 0 aliphatic carbocycles. The summed E-state index contributed by atoms with van der Waals surface area (Å²) in [5, 5.41) is 0. The maximum atomic E-state index is 12.0. The van der Waals surface area contributed by atoms with E-state index < -0.39 is 27.5 Å². The van der Waals surface area contributed by atoms with Crippen LogP contribution in [0, 0.1) is 0 Å². The second kappa shape index (κ2) is 9.52. The van der Waals surface area contributed by atoms with Crippen molar-refractivity contribution < 1.29 is 22.7 Å². The van der Waals surface area contributed by atoms with E-state index in [1.54, 1.807) is 6.92 Å². The Hall–Kier alpha value is -1.37. The van der Waals surface area contributed by atoms with Crippen molar-refractivity contribution in [3.05, 3.63) is 12.7 Å². The van der Waals surface area contributed by atoms with E-state index in [1.165, 1.54) is 11.0 Å². The van der Waals surface area contributed by atoms with Crippen molar-refractivity contribution in [1.29, 1.82) is 0 Å². The van der Waals surface area contributed by atoms with Crippen LogP contribution in [0.15, 0.2) is 12.7 Å². The molecule has 20 heavy (non-hydrogen) atoms. The zero-order valence-corrected chi connectivity index (χ0v) is 12.9. The van der Waals surface area contributed by atoms with Crippen molar-refractivity contribution in [3.8, 4) is 0 Å². The van der Waals surface area contributed by atoms with Crippen molar-refractivity contribution in [2.24, 2.45) is 0 Å². The van der Waals surface area contributed by atoms with E-state index in [9.17, 15) is 18.0 Å². The highest BCUT2D eigenvalue weighted by molar-refractivity contribution is 7.92. The van der Waals surface area contributed by atoms with E-state index in [2.05, 4.69) is 6.58 Å². The summed E-state index contributed by atoms with van der Waals surface area (Å²) in [5.74, 6) is -1.66. The van der Waals surface area contributed by atoms with Gasteiger partial charge in [0.1, 0.15) is 5.75 Å². The molecule has 0 aliphatic heterocycles. The van der Waals surface area contributed by atoms with Gasteiger partial charge in [-0.2, -0.15) is 0 Å². The number of nitrogens with zero attached hydrogens (tertiary/aromatic N) is 1. The normalized spacial score (nSPS) is 10.9. The standard InChI is InChI=1S/C13H23NO5S/c1-4-8-14(9-7-13(16)19-6-3)12(15)11-20(17,18)10-5-2/h5H,2,4,6-11H2,1,3H3. The molecule has 7 heteroatoms. The van der Waals surface area contributed by atoms with Gasteiger partial charge >= 0.3 is 5.97 Å². The molecule has 0 saturated carbocycles. The van der Waals surface area contributed by atoms with Gasteiger partial charge < -0.3 is 9.64 Å². The molecule has 0 saturated heterocycles. The SMILES string of the molecule is C=CCS(=O)(=O)CC(=O)N(CCC)CCC(=O)OCC. The van der Waals surface area contributed by atoms with E-state index in [4.69, 9.17) is 4.74 Å². The number of carbonyl (C=O) groups excluding carboxylic acids is 2. The van der Waals surface area contributed by atoms with Crippen LogP contribution in [0.4, 0.5) is 0 Å². The second-order valence-electron chi connectivity index (χ2n) is 4.28. The molecule has 0 N–H and O–H groups in total. The van der Waals surface area contributed by atoms with E-state index in [1.807, 2.05) is 6.92 Å². The fraction of sp³-hybridized carbons (Fsp3) is 0.692. The molecule has 0 rings (SSSR count). The van der Waals surface area contributed by atoms with Crippen molar-refractivity contribution in [1.82, 2.24) is 4.90 Å². The van der Waals surface area contributed by atoms with Gasteiger partial charge in [-0.1, -0.05) is 13.0 Å². The number of esters is 1. The average molecular weight is 305 g/mol. The number of carbonyl (C=O) groups is 2. The first-order valence-electron chi connectivity index (χ1n) is 6.61. The van der Waals surface area contributed by atoms with E-state index in [-0.39, 0.29) is 25.3 Å². The monoisotopic (exact) mass is 305 g/mol. The van der Waals surface area contributed by atoms with Crippen molar-refractivity contribution in [2.45, 2.75) is 26.7 Å². The van der Waals surface area contributed by atoms with Gasteiger partial charge in [-0.05, 0) is 13.3 Å². The summed E-state index contributed by atoms with van der Waals surface area (Å²) >= 11 is 0. The van der Waals surface area contributed by atoms with Crippen LogP contribution >= 0.6 is 0 Å². The molecule has 0 spiro atoms. The van der Waals surface area contributed by atoms with Crippen LogP contribution in [0.2, 0.25) is 0 Å². The minimum Gasteiger partial charge on any atom is -0.466 e. The third kappa shape index (κ3) is 7.93. The molecule has 0 aromatic carbocycles. The van der Waals surface area contributed by atoms with Gasteiger partial charge in [0, 0.05) is 13.1 Å². The number of ether oxygens (including phenoxy) is 1. The number of hydrogen-bond acceptors (Lipinski definition) is 5. The Labute approximate surface area is 120 Å². The average Bonchev–Trinajstić information content (AvgIpc) is 2.33. The molecule has 0 unspecified atom stereocenters. The van der Waals surface area contributed by atoms with Gasteiger partial charge in [0.15, 0.2) is 9.84 Å². The lowest BCUT2D eigenvalue weighted by molar-refractivity contribution is -0.143. The highest BCUT2D eigenvalue weighted by Crippen LogP contribution is 2.01. The van der Waals surface area contributed by atoms with Crippen molar-refractivity contribution in [3.63, 3.8) is 0 Å². The lowest BCUT2D eigenvalue weighted by atomic mass is 10.3. The highest BCUT2D eigenvalue weighted by Gasteiger charge is 2.21. The van der Waals surface area contributed by atoms with Gasteiger partial charge in [0.05, 0.1) is 18.8 Å². The van der Waals surface area contributed by atoms with Crippen LogP contribution in [0.1, 0.15) is 26.7 Å². The van der Waals surface area contributed by atoms with Gasteiger partial charge in [-0.25, -0.2) is 8.42 Å². The first kappa shape index (κ1) is 18.6. The Bertz CT molecular complexity index is 430. The second-order valence-corrected chi connectivity index (χ2v) is 6.39. The molecule has 0 radical (unpaired) electrons. The molecule has 1 amide bonds. The summed E-state index contributed by atoms with van der Waals surface area (Å²) in [4.78, 5) is 24.6. The van der Waals surface area contributed by atoms with Crippen LogP contribution in [0.3, 0.4) is 0 Å². The quantitative estimate of drug-likeness (QED) is 0.440. The minimum absolute atomic E-state index is 0.0705. The number of amides is 1. The molecular weight excluding hydrogens is 282 g/mol. The predicted octanol–water partition coefficient (Wildman–Crippen LogP) is 0.779. The zero-order valence-electron chi connectivity index (χ0n) is 12.1. The summed E-state index contributed by atoms with van der Waals surface area (Å²) in [6, 6.07) is 0. The molecule has 116 valence electrons. The topological polar surface area (TPSA) is 80.8 Å². The summed E-state index contributed by atoms with van der Waals surface area (Å²) in [6.07, 6.45) is 2.02. The maximum absolute atomic E-state index is 12.0. The van der Waals surface area contributed by atoms with Crippen LogP contribution < -0.4 is 0 Å². The lowest BCUT2D eigenvalue weighted by Gasteiger charge is -2.21. The van der Waals surface area contributed by atoms with Gasteiger partial charge in [0.2, 0.25) is 5.91 Å². The van der Waals surface area contributed by atoms with Gasteiger partial charge in [-0.3, -0.25) is 9.59 Å². The fourth-order valence-corrected chi connectivity index (χ4v) is 2.64. The Morgan fingerprint density at radius 1 is 1.25 bits per heavy atom. The molecule has 0 bridgehead atoms. The third-order valence-electron chi connectivity index (χ3n) is 2.45. The van der Waals surface area contributed by atoms with Gasteiger partial charge in [-0.15, -0.1) is 6.58 Å². The number of sulfone groups is 1. The predicted molar refractivity (Wildman–Crippen MR) is 77.0 cm³/mol. The Morgan fingerprint density at radius 3 is 2.40 bits per heavy atom. The van der Waals surface area contributed by atoms with Crippen LogP contribution in [-0.4, -0.2) is 56.4 Å². The minimum atomic E-state index is -3.47. The third-order valence-corrected chi connectivity index (χ3v) is 3.88. The Balaban J connectivity index is 4.54. The summed E-state index contributed by atoms with van der Waals surface area (Å²) in [6.45, 7) is 7.81. The van der Waals surface area contributed by atoms with Crippen LogP contribution in [0.25, 0.3) is 0 Å². The molecular formula is C13H23NO5S. The van der Waals surface area contributed by atoms with Crippen molar-refractivity contribution >= 4 is 21.7 Å². The van der Waals surface area contributed by atoms with Crippen molar-refractivity contribution in [2.75, 3.05) is 31.2 Å². The largest absolute Gasteiger partial charge is 0.466 e. The number of rotatable bonds is 10. The summed E-state index contributed by atoms with van der Waals surface area (Å²) in [5.41, 5.74) is 0. The summed E-state index contributed by atoms with van der Waals surface area (Å²) < 4.78 is 27.9. The zero-order chi connectivity index (χ0) is 15.6. The first-order chi connectivity index (χ1) is 9.36. The molecule has 6 nitrogen and oxygen atoms in total. The molecule has 0 heterocycles. The number of hydrogen-bond donors (Lipinski definition) is 0. The Morgan fingerprint density at radius 2 is 1.90 bits per heavy atom. The molecule has 0 aliphatic rings. The highest BCUT2D eigenvalue weighted by atomic mass is 32.2. The molecule has 0 atom stereocenters. The first-order valence-corrected chi connectivity index (χ1v) is 8.43. The molecule has 0 aromatic rings. The lowest BCUT2D eigenvalue weighted by Crippen LogP contribution is -2.38. The smallest absolute Gasteiger partial charge is 0.307 e.